The van der Waals surface area contributed by atoms with E-state index in [4.69, 9.17) is 9.47 Å². The van der Waals surface area contributed by atoms with Crippen molar-refractivity contribution in [2.45, 2.75) is 5.92 Å². The lowest BCUT2D eigenvalue weighted by atomic mass is 9.87. The highest BCUT2D eigenvalue weighted by molar-refractivity contribution is 5.92. The van der Waals surface area contributed by atoms with Crippen molar-refractivity contribution in [2.75, 3.05) is 20.8 Å². The smallest absolute Gasteiger partial charge is 0.214 e. The third kappa shape index (κ3) is 3.59. The van der Waals surface area contributed by atoms with E-state index in [0.29, 0.717) is 11.5 Å². The van der Waals surface area contributed by atoms with Crippen LogP contribution in [0.4, 0.5) is 0 Å². The summed E-state index contributed by atoms with van der Waals surface area (Å²) in [6.07, 6.45) is 0. The maximum absolute atomic E-state index is 11.7. The average molecular weight is 402 g/mol. The molecular weight excluding hydrogens is 380 g/mol. The topological polar surface area (TPSA) is 77.4 Å². The van der Waals surface area contributed by atoms with Crippen molar-refractivity contribution in [2.24, 2.45) is 0 Å². The van der Waals surface area contributed by atoms with Crippen LogP contribution in [0.1, 0.15) is 17.0 Å². The third-order valence-electron chi connectivity index (χ3n) is 5.30. The Hall–Kier alpha value is -3.80. The predicted molar refractivity (Wildman–Crippen MR) is 117 cm³/mol. The molecule has 1 heterocycles. The number of fused-ring (bicyclic) bond motifs is 1. The Kier molecular flexibility index (Phi) is 5.39. The number of nitro groups is 1. The molecule has 4 aromatic rings. The molecule has 1 N–H and O–H groups in total. The summed E-state index contributed by atoms with van der Waals surface area (Å²) in [6, 6.07) is 23.2. The van der Waals surface area contributed by atoms with Gasteiger partial charge in [-0.15, -0.1) is 0 Å². The number of hydrogen-bond donors (Lipinski definition) is 1. The second kappa shape index (κ2) is 8.29. The molecule has 152 valence electrons. The summed E-state index contributed by atoms with van der Waals surface area (Å²) in [6.45, 7) is -0.260. The lowest BCUT2D eigenvalue weighted by Crippen LogP contribution is -2.15. The Balaban J connectivity index is 2.00. The first-order valence-corrected chi connectivity index (χ1v) is 9.62. The molecule has 3 aromatic carbocycles. The zero-order valence-electron chi connectivity index (χ0n) is 16.8. The lowest BCUT2D eigenvalue weighted by Gasteiger charge is -2.19. The van der Waals surface area contributed by atoms with Gasteiger partial charge in [0.2, 0.25) is 6.54 Å². The number of aromatic nitrogens is 1. The molecule has 0 saturated heterocycles. The summed E-state index contributed by atoms with van der Waals surface area (Å²) < 4.78 is 10.9. The highest BCUT2D eigenvalue weighted by atomic mass is 16.6. The minimum atomic E-state index is -0.507. The van der Waals surface area contributed by atoms with E-state index in [2.05, 4.69) is 4.98 Å². The van der Waals surface area contributed by atoms with Crippen LogP contribution in [0.2, 0.25) is 0 Å². The number of H-pyrrole nitrogens is 1. The first-order chi connectivity index (χ1) is 14.6. The quantitative estimate of drug-likeness (QED) is 0.338. The van der Waals surface area contributed by atoms with Crippen LogP contribution in [-0.2, 0) is 0 Å². The maximum atomic E-state index is 11.7. The van der Waals surface area contributed by atoms with E-state index in [0.717, 1.165) is 33.3 Å². The van der Waals surface area contributed by atoms with Crippen molar-refractivity contribution >= 4 is 10.9 Å². The SMILES string of the molecule is COc1ccc([C@@H](C[N+](=O)[O-])c2c(-c3ccccc3)[nH]c3ccccc23)c(OC)c1. The summed E-state index contributed by atoms with van der Waals surface area (Å²) >= 11 is 0. The van der Waals surface area contributed by atoms with Crippen LogP contribution in [-0.4, -0.2) is 30.7 Å². The Morgan fingerprint density at radius 3 is 2.40 bits per heavy atom. The zero-order valence-corrected chi connectivity index (χ0v) is 16.8. The number of ether oxygens (including phenoxy) is 2. The first kappa shape index (κ1) is 19.5. The van der Waals surface area contributed by atoms with Gasteiger partial charge in [-0.05, 0) is 23.3 Å². The van der Waals surface area contributed by atoms with Crippen molar-refractivity contribution in [3.05, 3.63) is 94.0 Å². The number of para-hydroxylation sites is 1. The molecule has 1 aromatic heterocycles. The van der Waals surface area contributed by atoms with Gasteiger partial charge < -0.3 is 14.5 Å². The molecular formula is C24H22N2O4. The van der Waals surface area contributed by atoms with Gasteiger partial charge in [0, 0.05) is 27.5 Å². The molecule has 0 bridgehead atoms. The zero-order chi connectivity index (χ0) is 21.1. The predicted octanol–water partition coefficient (Wildman–Crippen LogP) is 5.26. The molecule has 0 amide bonds. The van der Waals surface area contributed by atoms with Crippen LogP contribution >= 0.6 is 0 Å². The van der Waals surface area contributed by atoms with E-state index >= 15 is 0 Å². The van der Waals surface area contributed by atoms with Crippen molar-refractivity contribution < 1.29 is 14.4 Å². The van der Waals surface area contributed by atoms with Crippen LogP contribution < -0.4 is 9.47 Å². The summed E-state index contributed by atoms with van der Waals surface area (Å²) in [5, 5.41) is 12.7. The van der Waals surface area contributed by atoms with Gasteiger partial charge in [-0.25, -0.2) is 0 Å². The molecule has 0 unspecified atom stereocenters. The van der Waals surface area contributed by atoms with Gasteiger partial charge in [0.1, 0.15) is 11.5 Å². The second-order valence-corrected chi connectivity index (χ2v) is 7.00. The van der Waals surface area contributed by atoms with Gasteiger partial charge >= 0.3 is 0 Å². The number of hydrogen-bond acceptors (Lipinski definition) is 4. The van der Waals surface area contributed by atoms with Gasteiger partial charge in [0.25, 0.3) is 0 Å². The molecule has 0 fully saturated rings. The van der Waals surface area contributed by atoms with Gasteiger partial charge in [-0.3, -0.25) is 10.1 Å². The van der Waals surface area contributed by atoms with Crippen molar-refractivity contribution in [1.29, 1.82) is 0 Å². The van der Waals surface area contributed by atoms with Crippen molar-refractivity contribution in [3.8, 4) is 22.8 Å². The van der Waals surface area contributed by atoms with Gasteiger partial charge in [-0.1, -0.05) is 54.6 Å². The van der Waals surface area contributed by atoms with E-state index in [9.17, 15) is 10.1 Å². The highest BCUT2D eigenvalue weighted by Crippen LogP contribution is 2.42. The number of benzene rings is 3. The molecule has 0 aliphatic heterocycles. The average Bonchev–Trinajstić information content (AvgIpc) is 3.17. The summed E-state index contributed by atoms with van der Waals surface area (Å²) in [5.41, 5.74) is 4.42. The maximum Gasteiger partial charge on any atom is 0.214 e. The lowest BCUT2D eigenvalue weighted by molar-refractivity contribution is -0.481. The van der Waals surface area contributed by atoms with Gasteiger partial charge in [0.15, 0.2) is 0 Å². The molecule has 0 aliphatic rings. The van der Waals surface area contributed by atoms with E-state index in [1.54, 1.807) is 20.3 Å². The van der Waals surface area contributed by atoms with E-state index in [1.165, 1.54) is 0 Å². The van der Waals surface area contributed by atoms with Crippen molar-refractivity contribution in [3.63, 3.8) is 0 Å². The number of aromatic amines is 1. The Labute approximate surface area is 174 Å². The number of methoxy groups -OCH3 is 2. The minimum absolute atomic E-state index is 0.260. The second-order valence-electron chi connectivity index (χ2n) is 7.00. The van der Waals surface area contributed by atoms with E-state index in [-0.39, 0.29) is 11.5 Å². The fraction of sp³-hybridized carbons (Fsp3) is 0.167. The highest BCUT2D eigenvalue weighted by Gasteiger charge is 2.30. The minimum Gasteiger partial charge on any atom is -0.497 e. The summed E-state index contributed by atoms with van der Waals surface area (Å²) in [5.74, 6) is 0.690. The van der Waals surface area contributed by atoms with E-state index in [1.807, 2.05) is 66.7 Å². The third-order valence-corrected chi connectivity index (χ3v) is 5.30. The summed E-state index contributed by atoms with van der Waals surface area (Å²) in [4.78, 5) is 14.9. The number of rotatable bonds is 7. The van der Waals surface area contributed by atoms with Crippen LogP contribution in [0.15, 0.2) is 72.8 Å². The Morgan fingerprint density at radius 1 is 0.967 bits per heavy atom. The Bertz CT molecular complexity index is 1180. The molecule has 1 atom stereocenters. The van der Waals surface area contributed by atoms with E-state index < -0.39 is 5.92 Å². The van der Waals surface area contributed by atoms with Crippen LogP contribution in [0.3, 0.4) is 0 Å². The first-order valence-electron chi connectivity index (χ1n) is 9.62. The monoisotopic (exact) mass is 402 g/mol. The standard InChI is InChI=1S/C24H22N2O4/c1-29-17-12-13-18(22(14-17)30-2)20(15-26(27)28)23-19-10-6-7-11-21(19)25-24(23)16-8-4-3-5-9-16/h3-14,20,25H,15H2,1-2H3/t20-/m1/s1. The largest absolute Gasteiger partial charge is 0.497 e. The van der Waals surface area contributed by atoms with Gasteiger partial charge in [-0.2, -0.15) is 0 Å². The summed E-state index contributed by atoms with van der Waals surface area (Å²) in [7, 11) is 3.14. The van der Waals surface area contributed by atoms with Crippen LogP contribution in [0.5, 0.6) is 11.5 Å². The number of nitrogens with one attached hydrogen (secondary N) is 1. The molecule has 6 nitrogen and oxygen atoms in total. The molecule has 6 heteroatoms. The molecule has 0 spiro atoms. The van der Waals surface area contributed by atoms with Gasteiger partial charge in [0.05, 0.1) is 25.8 Å². The molecule has 0 radical (unpaired) electrons. The van der Waals surface area contributed by atoms with Crippen LogP contribution in [0, 0.1) is 10.1 Å². The Morgan fingerprint density at radius 2 is 1.70 bits per heavy atom. The number of nitrogens with zero attached hydrogens (tertiary/aromatic N) is 1. The fourth-order valence-electron chi connectivity index (χ4n) is 3.96. The molecule has 30 heavy (non-hydrogen) atoms. The molecule has 4 rings (SSSR count). The van der Waals surface area contributed by atoms with Crippen molar-refractivity contribution in [1.82, 2.24) is 4.98 Å². The fourth-order valence-corrected chi connectivity index (χ4v) is 3.96. The molecule has 0 aliphatic carbocycles. The van der Waals surface area contributed by atoms with Crippen LogP contribution in [0.25, 0.3) is 22.2 Å². The molecule has 0 saturated carbocycles. The normalized spacial score (nSPS) is 11.9.